The van der Waals surface area contributed by atoms with Crippen LogP contribution in [-0.4, -0.2) is 25.8 Å². The van der Waals surface area contributed by atoms with E-state index in [-0.39, 0.29) is 6.04 Å². The number of aryl methyl sites for hydroxylation is 2. The second-order valence-electron chi connectivity index (χ2n) is 4.97. The normalized spacial score (nSPS) is 12.4. The zero-order valence-corrected chi connectivity index (χ0v) is 12.4. The van der Waals surface area contributed by atoms with E-state index >= 15 is 0 Å². The van der Waals surface area contributed by atoms with E-state index in [0.717, 1.165) is 29.8 Å². The van der Waals surface area contributed by atoms with Gasteiger partial charge in [0.05, 0.1) is 5.69 Å². The van der Waals surface area contributed by atoms with Crippen molar-refractivity contribution in [3.8, 4) is 11.8 Å². The molecule has 0 fully saturated rings. The predicted octanol–water partition coefficient (Wildman–Crippen LogP) is 1.90. The predicted molar refractivity (Wildman–Crippen MR) is 76.8 cm³/mol. The van der Waals surface area contributed by atoms with Crippen molar-refractivity contribution in [2.45, 2.75) is 39.7 Å². The van der Waals surface area contributed by atoms with Gasteiger partial charge in [-0.05, 0) is 32.3 Å². The highest BCUT2D eigenvalue weighted by Gasteiger charge is 2.13. The Hall–Kier alpha value is -1.95. The number of aromatic nitrogens is 4. The summed E-state index contributed by atoms with van der Waals surface area (Å²) in [6, 6.07) is 0.478. The van der Waals surface area contributed by atoms with E-state index in [9.17, 15) is 0 Å². The molecule has 0 amide bonds. The Labute approximate surface area is 119 Å². The molecule has 20 heavy (non-hydrogen) atoms. The summed E-state index contributed by atoms with van der Waals surface area (Å²) in [5, 5.41) is 4.29. The lowest BCUT2D eigenvalue weighted by molar-refractivity contribution is 0.433. The van der Waals surface area contributed by atoms with Gasteiger partial charge in [-0.25, -0.2) is 9.97 Å². The third-order valence-corrected chi connectivity index (χ3v) is 3.34. The van der Waals surface area contributed by atoms with Crippen molar-refractivity contribution >= 4 is 0 Å². The summed E-state index contributed by atoms with van der Waals surface area (Å²) in [5.41, 5.74) is 8.70. The Kier molecular flexibility index (Phi) is 4.34. The smallest absolute Gasteiger partial charge is 0.322 e. The zero-order valence-electron chi connectivity index (χ0n) is 12.4. The minimum Gasteiger partial charge on any atom is -0.420 e. The van der Waals surface area contributed by atoms with Gasteiger partial charge in [0.2, 0.25) is 0 Å². The quantitative estimate of drug-likeness (QED) is 0.901. The molecule has 0 saturated carbocycles. The lowest BCUT2D eigenvalue weighted by Gasteiger charge is -2.08. The first-order chi connectivity index (χ1) is 9.51. The van der Waals surface area contributed by atoms with Gasteiger partial charge in [-0.1, -0.05) is 6.92 Å². The third kappa shape index (κ3) is 3.14. The highest BCUT2D eigenvalue weighted by molar-refractivity contribution is 5.34. The van der Waals surface area contributed by atoms with Crippen molar-refractivity contribution in [3.63, 3.8) is 0 Å². The number of hydrogen-bond donors (Lipinski definition) is 1. The fourth-order valence-corrected chi connectivity index (χ4v) is 1.94. The van der Waals surface area contributed by atoms with Crippen molar-refractivity contribution in [1.29, 1.82) is 0 Å². The Morgan fingerprint density at radius 2 is 1.95 bits per heavy atom. The van der Waals surface area contributed by atoms with Crippen LogP contribution in [0.2, 0.25) is 0 Å². The average Bonchev–Trinajstić information content (AvgIpc) is 2.67. The molecule has 2 aromatic heterocycles. The van der Waals surface area contributed by atoms with Crippen molar-refractivity contribution in [3.05, 3.63) is 29.3 Å². The molecule has 0 aliphatic carbocycles. The third-order valence-electron chi connectivity index (χ3n) is 3.34. The van der Waals surface area contributed by atoms with Gasteiger partial charge in [-0.3, -0.25) is 4.68 Å². The largest absolute Gasteiger partial charge is 0.420 e. The molecule has 2 heterocycles. The highest BCUT2D eigenvalue weighted by Crippen LogP contribution is 2.25. The van der Waals surface area contributed by atoms with Crippen LogP contribution < -0.4 is 10.5 Å². The minimum atomic E-state index is 0.146. The molecule has 0 saturated heterocycles. The molecule has 2 aromatic rings. The molecule has 1 unspecified atom stereocenters. The van der Waals surface area contributed by atoms with Gasteiger partial charge in [0.25, 0.3) is 0 Å². The molecule has 6 nitrogen and oxygen atoms in total. The van der Waals surface area contributed by atoms with Crippen LogP contribution >= 0.6 is 0 Å². The SMILES string of the molecule is CCC(N)Cc1cnc(Oc2c(C)nn(C)c2C)nc1. The van der Waals surface area contributed by atoms with Gasteiger partial charge in [-0.2, -0.15) is 5.10 Å². The molecule has 6 heteroatoms. The Balaban J connectivity index is 2.11. The average molecular weight is 275 g/mol. The first kappa shape index (κ1) is 14.5. The van der Waals surface area contributed by atoms with Crippen LogP contribution in [0.15, 0.2) is 12.4 Å². The number of ether oxygens (including phenoxy) is 1. The monoisotopic (exact) mass is 275 g/mol. The van der Waals surface area contributed by atoms with E-state index in [1.54, 1.807) is 17.1 Å². The first-order valence-electron chi connectivity index (χ1n) is 6.75. The summed E-state index contributed by atoms with van der Waals surface area (Å²) in [6.45, 7) is 5.91. The van der Waals surface area contributed by atoms with E-state index in [1.807, 2.05) is 20.9 Å². The molecule has 0 aliphatic heterocycles. The van der Waals surface area contributed by atoms with Crippen LogP contribution in [0, 0.1) is 13.8 Å². The first-order valence-corrected chi connectivity index (χ1v) is 6.75. The van der Waals surface area contributed by atoms with E-state index in [2.05, 4.69) is 22.0 Å². The summed E-state index contributed by atoms with van der Waals surface area (Å²) >= 11 is 0. The molecule has 0 aromatic carbocycles. The Morgan fingerprint density at radius 3 is 2.45 bits per heavy atom. The van der Waals surface area contributed by atoms with Crippen molar-refractivity contribution in [2.75, 3.05) is 0 Å². The number of nitrogens with two attached hydrogens (primary N) is 1. The maximum atomic E-state index is 5.91. The molecule has 0 radical (unpaired) electrons. The maximum absolute atomic E-state index is 5.91. The zero-order chi connectivity index (χ0) is 14.7. The fraction of sp³-hybridized carbons (Fsp3) is 0.500. The summed E-state index contributed by atoms with van der Waals surface area (Å²) in [7, 11) is 1.88. The van der Waals surface area contributed by atoms with Gasteiger partial charge >= 0.3 is 6.01 Å². The topological polar surface area (TPSA) is 78.9 Å². The van der Waals surface area contributed by atoms with E-state index < -0.39 is 0 Å². The number of hydrogen-bond acceptors (Lipinski definition) is 5. The molecule has 0 aliphatic rings. The van der Waals surface area contributed by atoms with Gasteiger partial charge in [0, 0.05) is 25.5 Å². The minimum absolute atomic E-state index is 0.146. The Morgan fingerprint density at radius 1 is 1.30 bits per heavy atom. The molecule has 1 atom stereocenters. The molecule has 0 bridgehead atoms. The second-order valence-corrected chi connectivity index (χ2v) is 4.97. The fourth-order valence-electron chi connectivity index (χ4n) is 1.94. The molecule has 0 spiro atoms. The van der Waals surface area contributed by atoms with Crippen molar-refractivity contribution < 1.29 is 4.74 Å². The van der Waals surface area contributed by atoms with E-state index in [0.29, 0.717) is 11.8 Å². The van der Waals surface area contributed by atoms with Gasteiger partial charge < -0.3 is 10.5 Å². The van der Waals surface area contributed by atoms with Crippen LogP contribution in [0.5, 0.6) is 11.8 Å². The van der Waals surface area contributed by atoms with Gasteiger partial charge in [-0.15, -0.1) is 0 Å². The van der Waals surface area contributed by atoms with Crippen LogP contribution in [-0.2, 0) is 13.5 Å². The molecular weight excluding hydrogens is 254 g/mol. The number of nitrogens with zero attached hydrogens (tertiary/aromatic N) is 4. The Bertz CT molecular complexity index is 576. The summed E-state index contributed by atoms with van der Waals surface area (Å²) in [5.74, 6) is 0.713. The molecule has 108 valence electrons. The van der Waals surface area contributed by atoms with Crippen LogP contribution in [0.1, 0.15) is 30.3 Å². The maximum Gasteiger partial charge on any atom is 0.322 e. The summed E-state index contributed by atoms with van der Waals surface area (Å²) in [4.78, 5) is 8.45. The molecule has 2 rings (SSSR count). The highest BCUT2D eigenvalue weighted by atomic mass is 16.5. The van der Waals surface area contributed by atoms with Crippen LogP contribution in [0.3, 0.4) is 0 Å². The van der Waals surface area contributed by atoms with Crippen molar-refractivity contribution in [1.82, 2.24) is 19.7 Å². The van der Waals surface area contributed by atoms with Crippen molar-refractivity contribution in [2.24, 2.45) is 12.8 Å². The van der Waals surface area contributed by atoms with Gasteiger partial charge in [0.15, 0.2) is 5.75 Å². The lowest BCUT2D eigenvalue weighted by atomic mass is 10.1. The summed E-state index contributed by atoms with van der Waals surface area (Å²) in [6.07, 6.45) is 5.24. The second kappa shape index (κ2) is 6.00. The lowest BCUT2D eigenvalue weighted by Crippen LogP contribution is -2.21. The van der Waals surface area contributed by atoms with Gasteiger partial charge in [0.1, 0.15) is 5.69 Å². The number of rotatable bonds is 5. The molecular formula is C14H21N5O. The van der Waals surface area contributed by atoms with Crippen LogP contribution in [0.25, 0.3) is 0 Å². The van der Waals surface area contributed by atoms with Crippen LogP contribution in [0.4, 0.5) is 0 Å². The molecule has 2 N–H and O–H groups in total. The standard InChI is InChI=1S/C14H21N5O/c1-5-12(15)6-11-7-16-14(17-8-11)20-13-9(2)18-19(4)10(13)3/h7-8,12H,5-6,15H2,1-4H3. The van der Waals surface area contributed by atoms with E-state index in [1.165, 1.54) is 0 Å². The summed E-state index contributed by atoms with van der Waals surface area (Å²) < 4.78 is 7.49. The van der Waals surface area contributed by atoms with E-state index in [4.69, 9.17) is 10.5 Å².